The zero-order chi connectivity index (χ0) is 23.4. The van der Waals surface area contributed by atoms with Gasteiger partial charge in [-0.15, -0.1) is 0 Å². The molecule has 170 valence electrons. The molecule has 0 radical (unpaired) electrons. The van der Waals surface area contributed by atoms with Crippen molar-refractivity contribution in [3.8, 4) is 0 Å². The molecule has 0 aliphatic rings. The standard InChI is InChI=1S/C16H27N5O9/c1-7(22)13(21-14(27)8(17)2-5-12(25)26)15(28)19-6-11(24)20-9(16(29)30)3-4-10(18)23/h7-9,13,22H,2-6,17H2,1H3,(H2,18,23)(H,19,28)(H,20,24)(H,21,27)(H,25,26)(H,29,30). The lowest BCUT2D eigenvalue weighted by Gasteiger charge is -2.22. The summed E-state index contributed by atoms with van der Waals surface area (Å²) in [6.07, 6.45) is -2.47. The lowest BCUT2D eigenvalue weighted by atomic mass is 10.1. The van der Waals surface area contributed by atoms with Crippen LogP contribution >= 0.6 is 0 Å². The molecule has 4 atom stereocenters. The highest BCUT2D eigenvalue weighted by Crippen LogP contribution is 2.00. The first-order chi connectivity index (χ1) is 13.8. The molecule has 0 aliphatic heterocycles. The van der Waals surface area contributed by atoms with Gasteiger partial charge in [0.05, 0.1) is 18.7 Å². The number of aliphatic hydroxyl groups is 1. The van der Waals surface area contributed by atoms with Crippen LogP contribution in [0.25, 0.3) is 0 Å². The van der Waals surface area contributed by atoms with Crippen LogP contribution in [0.4, 0.5) is 0 Å². The van der Waals surface area contributed by atoms with Gasteiger partial charge in [-0.2, -0.15) is 0 Å². The molecule has 14 nitrogen and oxygen atoms in total. The minimum absolute atomic E-state index is 0.195. The van der Waals surface area contributed by atoms with Gasteiger partial charge in [0.2, 0.25) is 23.6 Å². The van der Waals surface area contributed by atoms with Gasteiger partial charge in [0.15, 0.2) is 0 Å². The molecule has 0 heterocycles. The number of hydrogen-bond donors (Lipinski definition) is 8. The molecule has 0 aromatic rings. The first kappa shape index (κ1) is 26.7. The molecule has 0 aliphatic carbocycles. The Morgan fingerprint density at radius 3 is 2.00 bits per heavy atom. The van der Waals surface area contributed by atoms with Gasteiger partial charge in [0, 0.05) is 12.8 Å². The molecule has 4 amide bonds. The van der Waals surface area contributed by atoms with Gasteiger partial charge in [-0.25, -0.2) is 4.79 Å². The summed E-state index contributed by atoms with van der Waals surface area (Å²) in [5.74, 6) is -6.04. The zero-order valence-corrected chi connectivity index (χ0v) is 16.3. The van der Waals surface area contributed by atoms with Gasteiger partial charge in [0.25, 0.3) is 0 Å². The molecule has 10 N–H and O–H groups in total. The number of nitrogens with two attached hydrogens (primary N) is 2. The van der Waals surface area contributed by atoms with E-state index in [1.54, 1.807) is 0 Å². The topological polar surface area (TPSA) is 251 Å². The van der Waals surface area contributed by atoms with Crippen LogP contribution in [-0.2, 0) is 28.8 Å². The average Bonchev–Trinajstić information content (AvgIpc) is 2.64. The summed E-state index contributed by atoms with van der Waals surface area (Å²) in [7, 11) is 0. The highest BCUT2D eigenvalue weighted by Gasteiger charge is 2.28. The molecule has 30 heavy (non-hydrogen) atoms. The van der Waals surface area contributed by atoms with E-state index >= 15 is 0 Å². The van der Waals surface area contributed by atoms with Crippen molar-refractivity contribution in [1.29, 1.82) is 0 Å². The summed E-state index contributed by atoms with van der Waals surface area (Å²) in [4.78, 5) is 68.3. The molecular weight excluding hydrogens is 406 g/mol. The number of rotatable bonds is 14. The van der Waals surface area contributed by atoms with E-state index < -0.39 is 66.3 Å². The summed E-state index contributed by atoms with van der Waals surface area (Å²) < 4.78 is 0. The number of aliphatic carboxylic acids is 2. The smallest absolute Gasteiger partial charge is 0.326 e. The third-order valence-corrected chi connectivity index (χ3v) is 3.80. The minimum atomic E-state index is -1.49. The van der Waals surface area contributed by atoms with E-state index in [2.05, 4.69) is 16.0 Å². The Bertz CT molecular complexity index is 667. The van der Waals surface area contributed by atoms with Crippen LogP contribution in [0, 0.1) is 0 Å². The predicted molar refractivity (Wildman–Crippen MR) is 99.5 cm³/mol. The Hall–Kier alpha value is -3.26. The zero-order valence-electron chi connectivity index (χ0n) is 16.3. The minimum Gasteiger partial charge on any atom is -0.481 e. The normalized spacial score (nSPS) is 14.5. The van der Waals surface area contributed by atoms with Crippen LogP contribution in [0.15, 0.2) is 0 Å². The van der Waals surface area contributed by atoms with Gasteiger partial charge in [-0.1, -0.05) is 0 Å². The lowest BCUT2D eigenvalue weighted by molar-refractivity contribution is -0.142. The number of carboxylic acid groups (broad SMARTS) is 2. The first-order valence-corrected chi connectivity index (χ1v) is 8.89. The second kappa shape index (κ2) is 13.1. The van der Waals surface area contributed by atoms with Crippen molar-refractivity contribution in [2.45, 2.75) is 56.8 Å². The SMILES string of the molecule is CC(O)C(NC(=O)C(N)CCC(=O)O)C(=O)NCC(=O)NC(CCC(N)=O)C(=O)O. The Morgan fingerprint density at radius 1 is 0.933 bits per heavy atom. The van der Waals surface area contributed by atoms with E-state index in [4.69, 9.17) is 21.7 Å². The van der Waals surface area contributed by atoms with Gasteiger partial charge in [0.1, 0.15) is 12.1 Å². The number of primary amides is 1. The maximum absolute atomic E-state index is 12.2. The van der Waals surface area contributed by atoms with Gasteiger partial charge < -0.3 is 42.7 Å². The first-order valence-electron chi connectivity index (χ1n) is 8.89. The van der Waals surface area contributed by atoms with Crippen molar-refractivity contribution < 1.29 is 44.1 Å². The van der Waals surface area contributed by atoms with E-state index in [0.29, 0.717) is 0 Å². The fraction of sp³-hybridized carbons (Fsp3) is 0.625. The van der Waals surface area contributed by atoms with Crippen LogP contribution in [0.1, 0.15) is 32.6 Å². The second-order valence-electron chi connectivity index (χ2n) is 6.45. The number of carboxylic acids is 2. The molecule has 0 aromatic carbocycles. The Morgan fingerprint density at radius 2 is 1.53 bits per heavy atom. The van der Waals surface area contributed by atoms with Crippen LogP contribution < -0.4 is 27.4 Å². The maximum atomic E-state index is 12.2. The highest BCUT2D eigenvalue weighted by atomic mass is 16.4. The number of carbonyl (C=O) groups is 6. The molecule has 0 saturated carbocycles. The van der Waals surface area contributed by atoms with Crippen molar-refractivity contribution in [3.63, 3.8) is 0 Å². The molecule has 4 unspecified atom stereocenters. The van der Waals surface area contributed by atoms with Crippen molar-refractivity contribution in [1.82, 2.24) is 16.0 Å². The van der Waals surface area contributed by atoms with E-state index in [9.17, 15) is 33.9 Å². The second-order valence-corrected chi connectivity index (χ2v) is 6.45. The maximum Gasteiger partial charge on any atom is 0.326 e. The van der Waals surface area contributed by atoms with Crippen LogP contribution in [0.2, 0.25) is 0 Å². The fourth-order valence-corrected chi connectivity index (χ4v) is 2.14. The Kier molecular flexibility index (Phi) is 11.6. The van der Waals surface area contributed by atoms with Crippen LogP contribution in [0.3, 0.4) is 0 Å². The quantitative estimate of drug-likeness (QED) is 0.132. The summed E-state index contributed by atoms with van der Waals surface area (Å²) in [5, 5.41) is 33.7. The number of hydrogen-bond acceptors (Lipinski definition) is 8. The molecule has 0 fully saturated rings. The number of nitrogens with one attached hydrogen (secondary N) is 3. The van der Waals surface area contributed by atoms with Crippen molar-refractivity contribution in [2.24, 2.45) is 11.5 Å². The van der Waals surface area contributed by atoms with E-state index in [1.807, 2.05) is 0 Å². The molecule has 0 bridgehead atoms. The molecule has 0 aromatic heterocycles. The predicted octanol–water partition coefficient (Wildman–Crippen LogP) is -4.00. The molecule has 14 heteroatoms. The molecule has 0 saturated heterocycles. The fourth-order valence-electron chi connectivity index (χ4n) is 2.14. The number of carbonyl (C=O) groups excluding carboxylic acids is 4. The van der Waals surface area contributed by atoms with E-state index in [-0.39, 0.29) is 25.7 Å². The van der Waals surface area contributed by atoms with Crippen LogP contribution in [0.5, 0.6) is 0 Å². The summed E-state index contributed by atoms with van der Waals surface area (Å²) >= 11 is 0. The van der Waals surface area contributed by atoms with Crippen LogP contribution in [-0.4, -0.2) is 81.7 Å². The lowest BCUT2D eigenvalue weighted by Crippen LogP contribution is -2.57. The number of aliphatic hydroxyl groups excluding tert-OH is 1. The van der Waals surface area contributed by atoms with Crippen molar-refractivity contribution >= 4 is 35.6 Å². The Labute approximate surface area is 171 Å². The third kappa shape index (κ3) is 10.9. The van der Waals surface area contributed by atoms with Crippen molar-refractivity contribution in [3.05, 3.63) is 0 Å². The van der Waals surface area contributed by atoms with E-state index in [0.717, 1.165) is 0 Å². The molecule has 0 rings (SSSR count). The van der Waals surface area contributed by atoms with Gasteiger partial charge in [-0.3, -0.25) is 24.0 Å². The third-order valence-electron chi connectivity index (χ3n) is 3.80. The molecule has 0 spiro atoms. The Balaban J connectivity index is 4.74. The highest BCUT2D eigenvalue weighted by molar-refractivity contribution is 5.93. The number of amides is 4. The monoisotopic (exact) mass is 433 g/mol. The van der Waals surface area contributed by atoms with Crippen molar-refractivity contribution in [2.75, 3.05) is 6.54 Å². The molecular formula is C16H27N5O9. The largest absolute Gasteiger partial charge is 0.481 e. The average molecular weight is 433 g/mol. The summed E-state index contributed by atoms with van der Waals surface area (Å²) in [6.45, 7) is 0.515. The van der Waals surface area contributed by atoms with Gasteiger partial charge in [-0.05, 0) is 19.8 Å². The van der Waals surface area contributed by atoms with E-state index in [1.165, 1.54) is 6.92 Å². The summed E-state index contributed by atoms with van der Waals surface area (Å²) in [5.41, 5.74) is 10.5. The summed E-state index contributed by atoms with van der Waals surface area (Å²) in [6, 6.07) is -4.13. The van der Waals surface area contributed by atoms with Gasteiger partial charge >= 0.3 is 11.9 Å².